The molecule has 0 bridgehead atoms. The molecule has 1 unspecified atom stereocenters. The summed E-state index contributed by atoms with van der Waals surface area (Å²) in [6.45, 7) is 0. The van der Waals surface area contributed by atoms with E-state index in [1.54, 1.807) is 0 Å². The Morgan fingerprint density at radius 3 is 2.41 bits per heavy atom. The average Bonchev–Trinajstić information content (AvgIpc) is 2.96. The maximum atomic E-state index is 6.06. The quantitative estimate of drug-likeness (QED) is 0.827. The summed E-state index contributed by atoms with van der Waals surface area (Å²) in [5.74, 6) is 0.184. The minimum absolute atomic E-state index is 0.174. The van der Waals surface area contributed by atoms with Crippen molar-refractivity contribution in [3.63, 3.8) is 0 Å². The molecule has 0 amide bonds. The van der Waals surface area contributed by atoms with Crippen LogP contribution in [0.5, 0.6) is 0 Å². The first kappa shape index (κ1) is 13.5. The SMILES string of the molecule is c1ccc(C2C(c3ccccn3)=NOC23CCCCC3)cc1. The number of oxime groups is 1. The Kier molecular flexibility index (Phi) is 3.41. The third-order valence-electron chi connectivity index (χ3n) is 4.89. The summed E-state index contributed by atoms with van der Waals surface area (Å²) in [7, 11) is 0. The molecule has 1 aromatic carbocycles. The van der Waals surface area contributed by atoms with E-state index in [2.05, 4.69) is 40.5 Å². The highest BCUT2D eigenvalue weighted by molar-refractivity contribution is 6.05. The summed E-state index contributed by atoms with van der Waals surface area (Å²) in [6.07, 6.45) is 7.71. The zero-order chi connectivity index (χ0) is 14.8. The van der Waals surface area contributed by atoms with E-state index >= 15 is 0 Å². The summed E-state index contributed by atoms with van der Waals surface area (Å²) in [4.78, 5) is 10.6. The molecule has 1 spiro atoms. The topological polar surface area (TPSA) is 34.5 Å². The zero-order valence-electron chi connectivity index (χ0n) is 12.6. The molecule has 0 saturated heterocycles. The third-order valence-corrected chi connectivity index (χ3v) is 4.89. The van der Waals surface area contributed by atoms with Crippen LogP contribution in [0.25, 0.3) is 0 Å². The molecule has 1 fully saturated rings. The summed E-state index contributed by atoms with van der Waals surface area (Å²) in [5, 5.41) is 4.49. The van der Waals surface area contributed by atoms with Crippen molar-refractivity contribution in [3.8, 4) is 0 Å². The standard InChI is InChI=1S/C19H20N2O/c1-3-9-15(10-4-1)17-18(16-11-5-8-14-20-16)21-22-19(17)12-6-2-7-13-19/h1,3-5,8-11,14,17H,2,6-7,12-13H2. The fourth-order valence-electron chi connectivity index (χ4n) is 3.84. The molecule has 22 heavy (non-hydrogen) atoms. The lowest BCUT2D eigenvalue weighted by Crippen LogP contribution is -2.39. The maximum absolute atomic E-state index is 6.06. The van der Waals surface area contributed by atoms with Crippen molar-refractivity contribution >= 4 is 5.71 Å². The average molecular weight is 292 g/mol. The van der Waals surface area contributed by atoms with Crippen molar-refractivity contribution in [1.82, 2.24) is 4.98 Å². The molecular weight excluding hydrogens is 272 g/mol. The van der Waals surface area contributed by atoms with Crippen LogP contribution in [-0.4, -0.2) is 16.3 Å². The first-order valence-electron chi connectivity index (χ1n) is 8.11. The largest absolute Gasteiger partial charge is 0.388 e. The van der Waals surface area contributed by atoms with E-state index in [9.17, 15) is 0 Å². The number of nitrogens with zero attached hydrogens (tertiary/aromatic N) is 2. The number of pyridine rings is 1. The Labute approximate surface area is 131 Å². The van der Waals surface area contributed by atoms with Crippen molar-refractivity contribution in [2.45, 2.75) is 43.6 Å². The summed E-state index contributed by atoms with van der Waals surface area (Å²) in [6, 6.07) is 16.6. The molecule has 2 aliphatic rings. The van der Waals surface area contributed by atoms with Crippen LogP contribution in [0.1, 0.15) is 49.3 Å². The van der Waals surface area contributed by atoms with Gasteiger partial charge < -0.3 is 4.84 Å². The van der Waals surface area contributed by atoms with Gasteiger partial charge >= 0.3 is 0 Å². The van der Waals surface area contributed by atoms with Gasteiger partial charge in [-0.15, -0.1) is 0 Å². The fraction of sp³-hybridized carbons (Fsp3) is 0.368. The van der Waals surface area contributed by atoms with Crippen LogP contribution in [0.15, 0.2) is 59.9 Å². The minimum atomic E-state index is -0.174. The van der Waals surface area contributed by atoms with Gasteiger partial charge in [0.15, 0.2) is 0 Å². The van der Waals surface area contributed by atoms with Gasteiger partial charge in [0.2, 0.25) is 0 Å². The van der Waals surface area contributed by atoms with E-state index in [0.29, 0.717) is 0 Å². The van der Waals surface area contributed by atoms with Crippen LogP contribution in [-0.2, 0) is 4.84 Å². The maximum Gasteiger partial charge on any atom is 0.150 e. The lowest BCUT2D eigenvalue weighted by atomic mass is 9.71. The second kappa shape index (κ2) is 5.56. The van der Waals surface area contributed by atoms with E-state index in [4.69, 9.17) is 4.84 Å². The predicted molar refractivity (Wildman–Crippen MR) is 86.9 cm³/mol. The number of hydrogen-bond acceptors (Lipinski definition) is 3. The zero-order valence-corrected chi connectivity index (χ0v) is 12.6. The lowest BCUT2D eigenvalue weighted by molar-refractivity contribution is -0.0550. The minimum Gasteiger partial charge on any atom is -0.388 e. The lowest BCUT2D eigenvalue weighted by Gasteiger charge is -2.36. The van der Waals surface area contributed by atoms with Gasteiger partial charge in [0, 0.05) is 6.20 Å². The van der Waals surface area contributed by atoms with E-state index in [1.165, 1.54) is 24.8 Å². The van der Waals surface area contributed by atoms with Crippen LogP contribution in [0.2, 0.25) is 0 Å². The molecule has 0 radical (unpaired) electrons. The van der Waals surface area contributed by atoms with Gasteiger partial charge in [-0.05, 0) is 43.4 Å². The predicted octanol–water partition coefficient (Wildman–Crippen LogP) is 4.30. The summed E-state index contributed by atoms with van der Waals surface area (Å²) in [5.41, 5.74) is 3.02. The molecular formula is C19H20N2O. The van der Waals surface area contributed by atoms with Gasteiger partial charge in [0.1, 0.15) is 11.3 Å². The highest BCUT2D eigenvalue weighted by Gasteiger charge is 2.50. The van der Waals surface area contributed by atoms with Gasteiger partial charge in [-0.25, -0.2) is 0 Å². The Morgan fingerprint density at radius 2 is 1.68 bits per heavy atom. The van der Waals surface area contributed by atoms with Gasteiger partial charge in [-0.3, -0.25) is 4.98 Å². The molecule has 2 heterocycles. The monoisotopic (exact) mass is 292 g/mol. The highest BCUT2D eigenvalue weighted by Crippen LogP contribution is 2.48. The summed E-state index contributed by atoms with van der Waals surface area (Å²) >= 11 is 0. The van der Waals surface area contributed by atoms with Crippen LogP contribution in [0.3, 0.4) is 0 Å². The number of rotatable bonds is 2. The molecule has 2 aromatic rings. The second-order valence-electron chi connectivity index (χ2n) is 6.25. The first-order chi connectivity index (χ1) is 10.9. The first-order valence-corrected chi connectivity index (χ1v) is 8.11. The molecule has 1 saturated carbocycles. The number of hydrogen-bond donors (Lipinski definition) is 0. The molecule has 3 heteroatoms. The van der Waals surface area contributed by atoms with Crippen LogP contribution in [0.4, 0.5) is 0 Å². The molecule has 4 rings (SSSR count). The second-order valence-corrected chi connectivity index (χ2v) is 6.25. The highest BCUT2D eigenvalue weighted by atomic mass is 16.7. The number of benzene rings is 1. The number of aromatic nitrogens is 1. The van der Waals surface area contributed by atoms with Crippen molar-refractivity contribution in [3.05, 3.63) is 66.0 Å². The van der Waals surface area contributed by atoms with Crippen molar-refractivity contribution < 1.29 is 4.84 Å². The Hall–Kier alpha value is -2.16. The van der Waals surface area contributed by atoms with E-state index in [-0.39, 0.29) is 11.5 Å². The van der Waals surface area contributed by atoms with Crippen LogP contribution < -0.4 is 0 Å². The normalized spacial score (nSPS) is 23.1. The van der Waals surface area contributed by atoms with Crippen LogP contribution >= 0.6 is 0 Å². The molecule has 1 aliphatic heterocycles. The fourth-order valence-corrected chi connectivity index (χ4v) is 3.84. The van der Waals surface area contributed by atoms with Crippen LogP contribution in [0, 0.1) is 0 Å². The van der Waals surface area contributed by atoms with Crippen molar-refractivity contribution in [1.29, 1.82) is 0 Å². The molecule has 1 atom stereocenters. The molecule has 1 aliphatic carbocycles. The molecule has 0 N–H and O–H groups in total. The third kappa shape index (κ3) is 2.21. The molecule has 3 nitrogen and oxygen atoms in total. The van der Waals surface area contributed by atoms with E-state index in [0.717, 1.165) is 24.2 Å². The van der Waals surface area contributed by atoms with Crippen molar-refractivity contribution in [2.75, 3.05) is 0 Å². The van der Waals surface area contributed by atoms with Gasteiger partial charge in [-0.2, -0.15) is 0 Å². The van der Waals surface area contributed by atoms with E-state index < -0.39 is 0 Å². The van der Waals surface area contributed by atoms with Gasteiger partial charge in [-0.1, -0.05) is 48.0 Å². The Morgan fingerprint density at radius 1 is 0.909 bits per heavy atom. The Bertz CT molecular complexity index is 660. The molecule has 112 valence electrons. The van der Waals surface area contributed by atoms with Crippen molar-refractivity contribution in [2.24, 2.45) is 5.16 Å². The smallest absolute Gasteiger partial charge is 0.150 e. The van der Waals surface area contributed by atoms with E-state index in [1.807, 2.05) is 24.4 Å². The van der Waals surface area contributed by atoms with Gasteiger partial charge in [0.05, 0.1) is 11.6 Å². The summed E-state index contributed by atoms with van der Waals surface area (Å²) < 4.78 is 0. The van der Waals surface area contributed by atoms with Gasteiger partial charge in [0.25, 0.3) is 0 Å². The molecule has 1 aromatic heterocycles. The Balaban J connectivity index is 1.79.